The molecule has 2 aliphatic carbocycles. The topological polar surface area (TPSA) is 38.1 Å². The van der Waals surface area contributed by atoms with E-state index in [1.165, 1.54) is 12.8 Å². The maximum atomic E-state index is 13.5. The van der Waals surface area contributed by atoms with Crippen LogP contribution in [0.2, 0.25) is 10.0 Å². The van der Waals surface area contributed by atoms with Crippen LogP contribution in [0, 0.1) is 0 Å². The van der Waals surface area contributed by atoms with Gasteiger partial charge >= 0.3 is 0 Å². The van der Waals surface area contributed by atoms with E-state index in [9.17, 15) is 4.79 Å². The van der Waals surface area contributed by atoms with Crippen molar-refractivity contribution in [3.8, 4) is 0 Å². The number of amides is 1. The average Bonchev–Trinajstić information content (AvgIpc) is 3.57. The number of imidazole rings is 1. The molecule has 0 radical (unpaired) electrons. The Morgan fingerprint density at radius 2 is 1.76 bits per heavy atom. The number of aromatic nitrogens is 2. The van der Waals surface area contributed by atoms with Crippen molar-refractivity contribution in [1.82, 2.24) is 14.5 Å². The van der Waals surface area contributed by atoms with Crippen LogP contribution in [0.3, 0.4) is 0 Å². The molecule has 4 nitrogen and oxygen atoms in total. The van der Waals surface area contributed by atoms with E-state index < -0.39 is 0 Å². The van der Waals surface area contributed by atoms with E-state index in [-0.39, 0.29) is 11.9 Å². The van der Waals surface area contributed by atoms with Crippen molar-refractivity contribution in [2.24, 2.45) is 0 Å². The number of carbonyl (C=O) groups excluding carboxylic acids is 1. The van der Waals surface area contributed by atoms with Crippen molar-refractivity contribution in [3.05, 3.63) is 70.0 Å². The fourth-order valence-corrected chi connectivity index (χ4v) is 5.78. The third-order valence-corrected chi connectivity index (χ3v) is 7.66. The standard InChI is InChI=1S/C27H29Cl2N3O/c28-20-14-15-24-25(17-20)32(22-10-4-5-11-22)26(30-24)18-31(21-8-2-3-9-21)27(33)16-13-19-7-1-6-12-23(19)29/h1,6-7,12-17,21-22H,2-5,8-11,18H2. The molecule has 3 aromatic rings. The van der Waals surface area contributed by atoms with Crippen molar-refractivity contribution >= 4 is 46.2 Å². The quantitative estimate of drug-likeness (QED) is 0.343. The summed E-state index contributed by atoms with van der Waals surface area (Å²) in [6, 6.07) is 14.2. The van der Waals surface area contributed by atoms with E-state index in [2.05, 4.69) is 4.57 Å². The second-order valence-corrected chi connectivity index (χ2v) is 10.1. The van der Waals surface area contributed by atoms with Crippen LogP contribution in [-0.2, 0) is 11.3 Å². The van der Waals surface area contributed by atoms with Gasteiger partial charge in [0.15, 0.2) is 0 Å². The van der Waals surface area contributed by atoms with E-state index in [0.717, 1.165) is 66.0 Å². The van der Waals surface area contributed by atoms with Gasteiger partial charge in [-0.25, -0.2) is 4.98 Å². The van der Waals surface area contributed by atoms with Gasteiger partial charge in [0.2, 0.25) is 5.91 Å². The maximum Gasteiger partial charge on any atom is 0.247 e. The zero-order valence-electron chi connectivity index (χ0n) is 18.7. The molecule has 0 bridgehead atoms. The molecule has 0 atom stereocenters. The first-order valence-corrected chi connectivity index (χ1v) is 12.8. The molecule has 0 unspecified atom stereocenters. The predicted octanol–water partition coefficient (Wildman–Crippen LogP) is 7.44. The average molecular weight is 482 g/mol. The summed E-state index contributed by atoms with van der Waals surface area (Å²) in [4.78, 5) is 20.5. The Bertz CT molecular complexity index is 1170. The summed E-state index contributed by atoms with van der Waals surface area (Å²) in [6.45, 7) is 0.513. The molecule has 0 N–H and O–H groups in total. The van der Waals surface area contributed by atoms with Gasteiger partial charge in [0.1, 0.15) is 5.82 Å². The summed E-state index contributed by atoms with van der Waals surface area (Å²) < 4.78 is 2.36. The Balaban J connectivity index is 1.49. The van der Waals surface area contributed by atoms with Gasteiger partial charge in [-0.15, -0.1) is 0 Å². The highest BCUT2D eigenvalue weighted by Crippen LogP contribution is 2.35. The molecule has 2 aliphatic rings. The van der Waals surface area contributed by atoms with Gasteiger partial charge in [0.25, 0.3) is 0 Å². The van der Waals surface area contributed by atoms with Gasteiger partial charge in [-0.3, -0.25) is 4.79 Å². The van der Waals surface area contributed by atoms with E-state index >= 15 is 0 Å². The fraction of sp³-hybridized carbons (Fsp3) is 0.407. The molecule has 0 spiro atoms. The Morgan fingerprint density at radius 3 is 2.52 bits per heavy atom. The molecule has 1 heterocycles. The van der Waals surface area contributed by atoms with E-state index in [1.807, 2.05) is 53.4 Å². The van der Waals surface area contributed by atoms with Crippen molar-refractivity contribution in [2.45, 2.75) is 70.0 Å². The van der Waals surface area contributed by atoms with Crippen molar-refractivity contribution in [2.75, 3.05) is 0 Å². The Morgan fingerprint density at radius 1 is 1.03 bits per heavy atom. The molecule has 5 rings (SSSR count). The third kappa shape index (κ3) is 4.83. The second-order valence-electron chi connectivity index (χ2n) is 9.23. The summed E-state index contributed by atoms with van der Waals surface area (Å²) in [5.74, 6) is 0.982. The number of nitrogens with zero attached hydrogens (tertiary/aromatic N) is 3. The molecule has 1 aromatic heterocycles. The smallest absolute Gasteiger partial charge is 0.247 e. The van der Waals surface area contributed by atoms with E-state index in [0.29, 0.717) is 17.6 Å². The van der Waals surface area contributed by atoms with Crippen LogP contribution in [0.5, 0.6) is 0 Å². The zero-order valence-corrected chi connectivity index (χ0v) is 20.2. The lowest BCUT2D eigenvalue weighted by atomic mass is 10.1. The molecular weight excluding hydrogens is 453 g/mol. The summed E-state index contributed by atoms with van der Waals surface area (Å²) in [6.07, 6.45) is 12.7. The fourth-order valence-electron chi connectivity index (χ4n) is 5.42. The Kier molecular flexibility index (Phi) is 6.75. The lowest BCUT2D eigenvalue weighted by Gasteiger charge is -2.29. The summed E-state index contributed by atoms with van der Waals surface area (Å²) >= 11 is 12.6. The van der Waals surface area contributed by atoms with Crippen molar-refractivity contribution in [3.63, 3.8) is 0 Å². The molecule has 33 heavy (non-hydrogen) atoms. The number of carbonyl (C=O) groups is 1. The van der Waals surface area contributed by atoms with Crippen LogP contribution in [-0.4, -0.2) is 26.4 Å². The molecule has 0 saturated heterocycles. The third-order valence-electron chi connectivity index (χ3n) is 7.09. The van der Waals surface area contributed by atoms with Crippen LogP contribution in [0.4, 0.5) is 0 Å². The number of fused-ring (bicyclic) bond motifs is 1. The number of hydrogen-bond donors (Lipinski definition) is 0. The van der Waals surface area contributed by atoms with Crippen LogP contribution in [0.15, 0.2) is 48.5 Å². The second kappa shape index (κ2) is 9.90. The lowest BCUT2D eigenvalue weighted by molar-refractivity contribution is -0.129. The highest BCUT2D eigenvalue weighted by Gasteiger charge is 2.29. The molecule has 2 fully saturated rings. The maximum absolute atomic E-state index is 13.5. The Hall–Kier alpha value is -2.30. The SMILES string of the molecule is O=C(C=Cc1ccccc1Cl)N(Cc1nc2ccc(Cl)cc2n1C1CCCC1)C1CCCC1. The number of halogens is 2. The molecule has 2 saturated carbocycles. The summed E-state index contributed by atoms with van der Waals surface area (Å²) in [5, 5.41) is 1.37. The Labute approximate surface area is 205 Å². The normalized spacial score (nSPS) is 17.5. The minimum Gasteiger partial charge on any atom is -0.329 e. The van der Waals surface area contributed by atoms with Gasteiger partial charge in [-0.1, -0.05) is 67.1 Å². The molecule has 6 heteroatoms. The first-order valence-electron chi connectivity index (χ1n) is 12.0. The molecular formula is C27H29Cl2N3O. The minimum absolute atomic E-state index is 0.0184. The number of rotatable bonds is 6. The minimum atomic E-state index is 0.0184. The van der Waals surface area contributed by atoms with Gasteiger partial charge in [-0.05, 0) is 61.6 Å². The zero-order chi connectivity index (χ0) is 22.8. The van der Waals surface area contributed by atoms with E-state index in [4.69, 9.17) is 28.2 Å². The summed E-state index contributed by atoms with van der Waals surface area (Å²) in [7, 11) is 0. The predicted molar refractivity (Wildman–Crippen MR) is 136 cm³/mol. The monoisotopic (exact) mass is 481 g/mol. The number of hydrogen-bond acceptors (Lipinski definition) is 2. The van der Waals surface area contributed by atoms with E-state index in [1.54, 1.807) is 6.08 Å². The number of benzene rings is 2. The highest BCUT2D eigenvalue weighted by molar-refractivity contribution is 6.32. The molecule has 2 aromatic carbocycles. The first kappa shape index (κ1) is 22.5. The first-order chi connectivity index (χ1) is 16.1. The van der Waals surface area contributed by atoms with Crippen LogP contribution >= 0.6 is 23.2 Å². The van der Waals surface area contributed by atoms with Gasteiger partial charge in [0, 0.05) is 28.2 Å². The van der Waals surface area contributed by atoms with Crippen molar-refractivity contribution in [1.29, 1.82) is 0 Å². The van der Waals surface area contributed by atoms with Gasteiger partial charge in [-0.2, -0.15) is 0 Å². The highest BCUT2D eigenvalue weighted by atomic mass is 35.5. The molecule has 0 aliphatic heterocycles. The van der Waals surface area contributed by atoms with Crippen LogP contribution in [0.25, 0.3) is 17.1 Å². The van der Waals surface area contributed by atoms with Crippen LogP contribution < -0.4 is 0 Å². The molecule has 172 valence electrons. The largest absolute Gasteiger partial charge is 0.329 e. The summed E-state index contributed by atoms with van der Waals surface area (Å²) in [5.41, 5.74) is 2.88. The van der Waals surface area contributed by atoms with Crippen molar-refractivity contribution < 1.29 is 4.79 Å². The lowest BCUT2D eigenvalue weighted by Crippen LogP contribution is -2.38. The molecule has 1 amide bonds. The van der Waals surface area contributed by atoms with Gasteiger partial charge < -0.3 is 9.47 Å². The van der Waals surface area contributed by atoms with Gasteiger partial charge in [0.05, 0.1) is 17.6 Å². The van der Waals surface area contributed by atoms with Crippen LogP contribution in [0.1, 0.15) is 68.8 Å².